The molecule has 0 atom stereocenters. The van der Waals surface area contributed by atoms with Crippen molar-refractivity contribution in [2.45, 2.75) is 13.0 Å². The van der Waals surface area contributed by atoms with Crippen molar-refractivity contribution in [1.82, 2.24) is 4.90 Å². The number of nitrogens with zero attached hydrogens (tertiary/aromatic N) is 1. The van der Waals surface area contributed by atoms with E-state index in [9.17, 15) is 4.79 Å². The van der Waals surface area contributed by atoms with Gasteiger partial charge in [0.15, 0.2) is 0 Å². The van der Waals surface area contributed by atoms with Gasteiger partial charge in [-0.15, -0.1) is 24.0 Å². The van der Waals surface area contributed by atoms with E-state index >= 15 is 0 Å². The van der Waals surface area contributed by atoms with Crippen LogP contribution in [0.25, 0.3) is 0 Å². The maximum absolute atomic E-state index is 11.1. The maximum atomic E-state index is 11.1. The monoisotopic (exact) mass is 291 g/mol. The Hall–Kier alpha value is -0.770. The molecule has 18 heavy (non-hydrogen) atoms. The highest BCUT2D eigenvalue weighted by Crippen LogP contribution is 2.05. The lowest BCUT2D eigenvalue weighted by Crippen LogP contribution is -2.28. The maximum Gasteiger partial charge on any atom is 0.306 e. The van der Waals surface area contributed by atoms with Gasteiger partial charge < -0.3 is 4.74 Å². The normalized spacial score (nSPS) is 9.94. The van der Waals surface area contributed by atoms with E-state index in [2.05, 4.69) is 21.8 Å². The second-order valence-corrected chi connectivity index (χ2v) is 4.15. The predicted octanol–water partition coefficient (Wildman–Crippen LogP) is 2.71. The SMILES string of the molecule is COC(=O)CCN(CCCl)Cc1ccccc1.Cl. The van der Waals surface area contributed by atoms with Crippen molar-refractivity contribution >= 4 is 30.0 Å². The fourth-order valence-electron chi connectivity index (χ4n) is 1.58. The van der Waals surface area contributed by atoms with E-state index in [1.807, 2.05) is 18.2 Å². The molecular formula is C13H19Cl2NO2. The number of alkyl halides is 1. The second-order valence-electron chi connectivity index (χ2n) is 3.78. The lowest BCUT2D eigenvalue weighted by atomic mass is 10.2. The highest BCUT2D eigenvalue weighted by molar-refractivity contribution is 6.18. The van der Waals surface area contributed by atoms with Crippen molar-refractivity contribution in [2.75, 3.05) is 26.1 Å². The van der Waals surface area contributed by atoms with E-state index in [1.54, 1.807) is 0 Å². The molecule has 0 unspecified atom stereocenters. The minimum Gasteiger partial charge on any atom is -0.469 e. The number of hydrogen-bond donors (Lipinski definition) is 0. The van der Waals surface area contributed by atoms with Crippen LogP contribution in [0.15, 0.2) is 30.3 Å². The first-order chi connectivity index (χ1) is 8.26. The first-order valence-corrected chi connectivity index (χ1v) is 6.18. The standard InChI is InChI=1S/C13H18ClNO2.ClH/c1-17-13(16)7-9-15(10-8-14)11-12-5-3-2-4-6-12;/h2-6H,7-11H2,1H3;1H. The van der Waals surface area contributed by atoms with E-state index < -0.39 is 0 Å². The van der Waals surface area contributed by atoms with Gasteiger partial charge in [-0.05, 0) is 5.56 Å². The molecule has 0 aliphatic rings. The van der Waals surface area contributed by atoms with Gasteiger partial charge in [0.2, 0.25) is 0 Å². The van der Waals surface area contributed by atoms with Crippen LogP contribution in [0.3, 0.4) is 0 Å². The summed E-state index contributed by atoms with van der Waals surface area (Å²) in [6.45, 7) is 2.26. The summed E-state index contributed by atoms with van der Waals surface area (Å²) >= 11 is 5.75. The molecule has 1 aromatic carbocycles. The van der Waals surface area contributed by atoms with E-state index in [4.69, 9.17) is 11.6 Å². The van der Waals surface area contributed by atoms with Crippen LogP contribution >= 0.6 is 24.0 Å². The number of ether oxygens (including phenoxy) is 1. The molecular weight excluding hydrogens is 273 g/mol. The molecule has 1 aromatic rings. The topological polar surface area (TPSA) is 29.5 Å². The largest absolute Gasteiger partial charge is 0.469 e. The first kappa shape index (κ1) is 17.2. The highest BCUT2D eigenvalue weighted by Gasteiger charge is 2.08. The molecule has 0 radical (unpaired) electrons. The van der Waals surface area contributed by atoms with E-state index in [1.165, 1.54) is 12.7 Å². The van der Waals surface area contributed by atoms with E-state index in [-0.39, 0.29) is 18.4 Å². The molecule has 0 bridgehead atoms. The summed E-state index contributed by atoms with van der Waals surface area (Å²) in [5, 5.41) is 0. The zero-order valence-electron chi connectivity index (χ0n) is 10.5. The fourth-order valence-corrected chi connectivity index (χ4v) is 1.82. The Morgan fingerprint density at radius 1 is 1.28 bits per heavy atom. The minimum absolute atomic E-state index is 0. The summed E-state index contributed by atoms with van der Waals surface area (Å²) in [6.07, 6.45) is 0.403. The van der Waals surface area contributed by atoms with Gasteiger partial charge in [0, 0.05) is 25.5 Å². The molecule has 0 spiro atoms. The Morgan fingerprint density at radius 3 is 2.50 bits per heavy atom. The summed E-state index contributed by atoms with van der Waals surface area (Å²) in [5.41, 5.74) is 1.22. The minimum atomic E-state index is -0.183. The second kappa shape index (κ2) is 10.2. The van der Waals surface area contributed by atoms with Crippen LogP contribution in [0.1, 0.15) is 12.0 Å². The molecule has 0 N–H and O–H groups in total. The van der Waals surface area contributed by atoms with Crippen LogP contribution in [-0.2, 0) is 16.1 Å². The summed E-state index contributed by atoms with van der Waals surface area (Å²) in [4.78, 5) is 13.2. The van der Waals surface area contributed by atoms with Crippen molar-refractivity contribution in [3.05, 3.63) is 35.9 Å². The molecule has 0 saturated heterocycles. The zero-order valence-corrected chi connectivity index (χ0v) is 12.0. The number of carbonyl (C=O) groups is 1. The first-order valence-electron chi connectivity index (χ1n) is 5.65. The number of hydrogen-bond acceptors (Lipinski definition) is 3. The fraction of sp³-hybridized carbons (Fsp3) is 0.462. The predicted molar refractivity (Wildman–Crippen MR) is 76.3 cm³/mol. The van der Waals surface area contributed by atoms with Gasteiger partial charge >= 0.3 is 5.97 Å². The lowest BCUT2D eigenvalue weighted by Gasteiger charge is -2.20. The average Bonchev–Trinajstić information content (AvgIpc) is 2.37. The Kier molecular flexibility index (Phi) is 9.74. The number of rotatable bonds is 7. The zero-order chi connectivity index (χ0) is 12.5. The summed E-state index contributed by atoms with van der Waals surface area (Å²) < 4.78 is 4.63. The number of esters is 1. The van der Waals surface area contributed by atoms with Crippen molar-refractivity contribution in [3.63, 3.8) is 0 Å². The van der Waals surface area contributed by atoms with Gasteiger partial charge in [-0.3, -0.25) is 9.69 Å². The Labute approximate surface area is 119 Å². The highest BCUT2D eigenvalue weighted by atomic mass is 35.5. The van der Waals surface area contributed by atoms with Gasteiger partial charge in [0.05, 0.1) is 13.5 Å². The van der Waals surface area contributed by atoms with Gasteiger partial charge in [-0.1, -0.05) is 30.3 Å². The van der Waals surface area contributed by atoms with Gasteiger partial charge in [-0.25, -0.2) is 0 Å². The smallest absolute Gasteiger partial charge is 0.306 e. The lowest BCUT2D eigenvalue weighted by molar-refractivity contribution is -0.141. The molecule has 0 saturated carbocycles. The number of halogens is 2. The molecule has 0 aliphatic heterocycles. The number of benzene rings is 1. The molecule has 1 rings (SSSR count). The number of methoxy groups -OCH3 is 1. The Morgan fingerprint density at radius 2 is 1.94 bits per heavy atom. The van der Waals surface area contributed by atoms with E-state index in [0.717, 1.165) is 13.1 Å². The molecule has 3 nitrogen and oxygen atoms in total. The summed E-state index contributed by atoms with van der Waals surface area (Å²) in [7, 11) is 1.41. The molecule has 5 heteroatoms. The molecule has 0 fully saturated rings. The van der Waals surface area contributed by atoms with Crippen LogP contribution in [0.5, 0.6) is 0 Å². The Bertz CT molecular complexity index is 333. The Balaban J connectivity index is 0.00000289. The third kappa shape index (κ3) is 6.84. The van der Waals surface area contributed by atoms with Crippen LogP contribution in [0.4, 0.5) is 0 Å². The van der Waals surface area contributed by atoms with Crippen molar-refractivity contribution in [2.24, 2.45) is 0 Å². The molecule has 0 heterocycles. The van der Waals surface area contributed by atoms with Crippen molar-refractivity contribution < 1.29 is 9.53 Å². The average molecular weight is 292 g/mol. The van der Waals surface area contributed by atoms with Gasteiger partial charge in [0.1, 0.15) is 0 Å². The van der Waals surface area contributed by atoms with Crippen LogP contribution in [0, 0.1) is 0 Å². The van der Waals surface area contributed by atoms with Gasteiger partial charge in [-0.2, -0.15) is 0 Å². The van der Waals surface area contributed by atoms with Crippen molar-refractivity contribution in [1.29, 1.82) is 0 Å². The molecule has 102 valence electrons. The molecule has 0 aromatic heterocycles. The molecule has 0 amide bonds. The summed E-state index contributed by atoms with van der Waals surface area (Å²) in [6, 6.07) is 10.1. The molecule has 0 aliphatic carbocycles. The number of carbonyl (C=O) groups excluding carboxylic acids is 1. The quantitative estimate of drug-likeness (QED) is 0.571. The van der Waals surface area contributed by atoms with Crippen LogP contribution in [-0.4, -0.2) is 36.9 Å². The van der Waals surface area contributed by atoms with Gasteiger partial charge in [0.25, 0.3) is 0 Å². The summed E-state index contributed by atoms with van der Waals surface area (Å²) in [5.74, 6) is 0.381. The van der Waals surface area contributed by atoms with Crippen LogP contribution < -0.4 is 0 Å². The van der Waals surface area contributed by atoms with Crippen LogP contribution in [0.2, 0.25) is 0 Å². The van der Waals surface area contributed by atoms with Crippen molar-refractivity contribution in [3.8, 4) is 0 Å². The third-order valence-electron chi connectivity index (χ3n) is 2.51. The third-order valence-corrected chi connectivity index (χ3v) is 2.68. The van der Waals surface area contributed by atoms with E-state index in [0.29, 0.717) is 18.8 Å².